The third kappa shape index (κ3) is 7.21. The third-order valence-electron chi connectivity index (χ3n) is 5.84. The molecule has 0 spiro atoms. The van der Waals surface area contributed by atoms with E-state index in [4.69, 9.17) is 59.5 Å². The molecule has 0 aromatic heterocycles. The first kappa shape index (κ1) is 34.1. The Morgan fingerprint density at radius 3 is 2.20 bits per heavy atom. The molecule has 0 saturated heterocycles. The molecule has 1 atom stereocenters. The maximum Gasteiger partial charge on any atom is 0.337 e. The van der Waals surface area contributed by atoms with Gasteiger partial charge in [0.05, 0.1) is 78.0 Å². The Morgan fingerprint density at radius 1 is 1.00 bits per heavy atom. The molecule has 5 N–H and O–H groups in total. The largest absolute Gasteiger partial charge is 0.478 e. The van der Waals surface area contributed by atoms with Gasteiger partial charge in [-0.05, 0) is 26.0 Å². The minimum atomic E-state index is -2.62. The van der Waals surface area contributed by atoms with Crippen molar-refractivity contribution >= 4 is 58.7 Å². The number of carbonyl (C=O) groups excluding carboxylic acids is 2. The lowest BCUT2D eigenvalue weighted by molar-refractivity contribution is -0.140. The molecule has 0 radical (unpaired) electrons. The quantitative estimate of drug-likeness (QED) is 0.102. The smallest absolute Gasteiger partial charge is 0.337 e. The molecule has 0 aliphatic carbocycles. The highest BCUT2D eigenvalue weighted by molar-refractivity contribution is 6.44. The molecule has 1 heterocycles. The number of allylic oxidation sites excluding steroid dienone is 1. The number of ether oxygens (including phenoxy) is 4. The number of dihydropyridines is 1. The van der Waals surface area contributed by atoms with E-state index in [2.05, 4.69) is 5.32 Å². The zero-order valence-electron chi connectivity index (χ0n) is 22.3. The van der Waals surface area contributed by atoms with E-state index in [0.29, 0.717) is 6.08 Å². The van der Waals surface area contributed by atoms with Crippen molar-refractivity contribution in [1.82, 2.24) is 5.32 Å². The highest BCUT2D eigenvalue weighted by atomic mass is 35.5. The van der Waals surface area contributed by atoms with E-state index in [1.165, 1.54) is 26.0 Å². The summed E-state index contributed by atoms with van der Waals surface area (Å²) in [7, 11) is 1.02. The van der Waals surface area contributed by atoms with Crippen molar-refractivity contribution in [3.8, 4) is 0 Å². The Balaban J connectivity index is 3.18. The van der Waals surface area contributed by atoms with Crippen LogP contribution in [0.5, 0.6) is 0 Å². The molecule has 12 nitrogen and oxygen atoms in total. The predicted octanol–water partition coefficient (Wildman–Crippen LogP) is 2.84. The van der Waals surface area contributed by atoms with E-state index in [0.717, 1.165) is 7.11 Å². The minimum Gasteiger partial charge on any atom is -0.478 e. The Hall–Kier alpha value is -3.13. The first-order chi connectivity index (χ1) is 19.4. The topological polar surface area (TPSA) is 184 Å². The first-order valence-electron chi connectivity index (χ1n) is 12.0. The predicted molar refractivity (Wildman–Crippen MR) is 149 cm³/mol. The summed E-state index contributed by atoms with van der Waals surface area (Å²) in [4.78, 5) is 52.1. The molecule has 0 fully saturated rings. The molecule has 2 rings (SSSR count). The zero-order chi connectivity index (χ0) is 30.9. The first-order valence-corrected chi connectivity index (χ1v) is 13.2. The number of carbonyl (C=O) groups is 4. The number of methoxy groups -OCH3 is 1. The van der Waals surface area contributed by atoms with Gasteiger partial charge < -0.3 is 40.2 Å². The number of benzene rings is 1. The van der Waals surface area contributed by atoms with Gasteiger partial charge in [-0.25, -0.2) is 19.2 Å². The number of nitrogens with one attached hydrogen (secondary N) is 1. The van der Waals surface area contributed by atoms with Gasteiger partial charge in [0.2, 0.25) is 0 Å². The number of hydrogen-bond donors (Lipinski definition) is 4. The van der Waals surface area contributed by atoms with Gasteiger partial charge in [-0.2, -0.15) is 0 Å². The van der Waals surface area contributed by atoms with E-state index in [9.17, 15) is 29.4 Å². The van der Waals surface area contributed by atoms with Crippen molar-refractivity contribution in [2.24, 2.45) is 5.73 Å². The number of aliphatic carboxylic acids is 2. The van der Waals surface area contributed by atoms with Crippen LogP contribution < -0.4 is 11.1 Å². The van der Waals surface area contributed by atoms with Crippen LogP contribution in [-0.2, 0) is 43.5 Å². The SMILES string of the molecule is CCOC(=O)C1=C(COCCOCCN)NC(C)=C(C(=O)OC)C1(/C(=C/C(=O)O)C(=O)O)c1c(Cl)ccc(Cl)c1Cl. The molecule has 1 aliphatic heterocycles. The Morgan fingerprint density at radius 2 is 1.63 bits per heavy atom. The summed E-state index contributed by atoms with van der Waals surface area (Å²) >= 11 is 19.6. The monoisotopic (exact) mass is 634 g/mol. The summed E-state index contributed by atoms with van der Waals surface area (Å²) in [6.45, 7) is 3.06. The molecule has 224 valence electrons. The molecule has 0 amide bonds. The number of carboxylic acids is 2. The summed E-state index contributed by atoms with van der Waals surface area (Å²) in [6, 6.07) is 2.56. The molecule has 0 bridgehead atoms. The Bertz CT molecular complexity index is 1310. The van der Waals surface area contributed by atoms with Crippen LogP contribution >= 0.6 is 34.8 Å². The van der Waals surface area contributed by atoms with E-state index in [1.807, 2.05) is 0 Å². The number of esters is 2. The maximum atomic E-state index is 13.8. The third-order valence-corrected chi connectivity index (χ3v) is 6.96. The molecule has 1 aliphatic rings. The molecular weight excluding hydrogens is 607 g/mol. The molecule has 1 unspecified atom stereocenters. The average Bonchev–Trinajstić information content (AvgIpc) is 2.90. The fraction of sp³-hybridized carbons (Fsp3) is 0.385. The second-order valence-corrected chi connectivity index (χ2v) is 9.51. The maximum absolute atomic E-state index is 13.8. The summed E-state index contributed by atoms with van der Waals surface area (Å²) < 4.78 is 21.2. The molecule has 1 aromatic carbocycles. The second kappa shape index (κ2) is 15.2. The standard InChI is InChI=1S/C26H29Cl3N2O10/c1-4-41-25(37)21-17(12-40-10-9-39-8-7-30)31-13(2)19(24(36)38-3)26(21,14(23(34)35)11-18(32)33)20-15(27)5-6-16(28)22(20)29/h5-6,11,31H,4,7-10,12,30H2,1-3H3,(H,32,33)(H,34,35)/b14-11+. The molecule has 1 aromatic rings. The van der Waals surface area contributed by atoms with Gasteiger partial charge in [0.25, 0.3) is 0 Å². The van der Waals surface area contributed by atoms with Crippen LogP contribution in [0.25, 0.3) is 0 Å². The van der Waals surface area contributed by atoms with Crippen molar-refractivity contribution in [3.05, 3.63) is 67.0 Å². The van der Waals surface area contributed by atoms with Crippen LogP contribution in [-0.4, -0.2) is 80.8 Å². The van der Waals surface area contributed by atoms with Crippen molar-refractivity contribution < 1.29 is 48.3 Å². The van der Waals surface area contributed by atoms with Gasteiger partial charge >= 0.3 is 23.9 Å². The second-order valence-electron chi connectivity index (χ2n) is 8.31. The van der Waals surface area contributed by atoms with Crippen LogP contribution in [0.1, 0.15) is 19.4 Å². The Kier molecular flexibility index (Phi) is 12.6. The van der Waals surface area contributed by atoms with Crippen molar-refractivity contribution in [2.45, 2.75) is 19.3 Å². The minimum absolute atomic E-state index is 0.0208. The summed E-state index contributed by atoms with van der Waals surface area (Å²) in [6.07, 6.45) is 0.329. The normalized spacial score (nSPS) is 17.3. The van der Waals surface area contributed by atoms with Gasteiger partial charge in [-0.1, -0.05) is 34.8 Å². The van der Waals surface area contributed by atoms with E-state index < -0.39 is 46.0 Å². The number of rotatable bonds is 14. The molecule has 15 heteroatoms. The van der Waals surface area contributed by atoms with Gasteiger partial charge in [-0.3, -0.25) is 0 Å². The number of nitrogens with two attached hydrogens (primary N) is 1. The van der Waals surface area contributed by atoms with Gasteiger partial charge in [0.15, 0.2) is 0 Å². The van der Waals surface area contributed by atoms with Crippen LogP contribution in [0.3, 0.4) is 0 Å². The van der Waals surface area contributed by atoms with E-state index >= 15 is 0 Å². The van der Waals surface area contributed by atoms with Crippen LogP contribution in [0.15, 0.2) is 46.3 Å². The number of carboxylic acid groups (broad SMARTS) is 2. The fourth-order valence-electron chi connectivity index (χ4n) is 4.44. The molecule has 0 saturated carbocycles. The van der Waals surface area contributed by atoms with E-state index in [1.54, 1.807) is 0 Å². The molecule has 41 heavy (non-hydrogen) atoms. The number of hydrogen-bond acceptors (Lipinski definition) is 10. The number of halogens is 3. The fourth-order valence-corrected chi connectivity index (χ4v) is 5.25. The van der Waals surface area contributed by atoms with Gasteiger partial charge in [0.1, 0.15) is 0 Å². The summed E-state index contributed by atoms with van der Waals surface area (Å²) in [5.41, 5.74) is 0.316. The van der Waals surface area contributed by atoms with Crippen LogP contribution in [0, 0.1) is 0 Å². The zero-order valence-corrected chi connectivity index (χ0v) is 24.6. The highest BCUT2D eigenvalue weighted by Gasteiger charge is 2.58. The Labute approximate surface area is 250 Å². The van der Waals surface area contributed by atoms with Crippen molar-refractivity contribution in [3.63, 3.8) is 0 Å². The lowest BCUT2D eigenvalue weighted by Crippen LogP contribution is -2.49. The van der Waals surface area contributed by atoms with Gasteiger partial charge in [0, 0.05) is 28.9 Å². The van der Waals surface area contributed by atoms with E-state index in [-0.39, 0.29) is 71.6 Å². The summed E-state index contributed by atoms with van der Waals surface area (Å²) in [5, 5.41) is 22.3. The molecular formula is C26H29Cl3N2O10. The summed E-state index contributed by atoms with van der Waals surface area (Å²) in [5.74, 6) is -5.80. The lowest BCUT2D eigenvalue weighted by atomic mass is 9.61. The lowest BCUT2D eigenvalue weighted by Gasteiger charge is -2.43. The van der Waals surface area contributed by atoms with Crippen LogP contribution in [0.4, 0.5) is 0 Å². The van der Waals surface area contributed by atoms with Gasteiger partial charge in [-0.15, -0.1) is 0 Å². The highest BCUT2D eigenvalue weighted by Crippen LogP contribution is 2.55. The van der Waals surface area contributed by atoms with Crippen LogP contribution in [0.2, 0.25) is 15.1 Å². The average molecular weight is 636 g/mol. The van der Waals surface area contributed by atoms with Crippen molar-refractivity contribution in [1.29, 1.82) is 0 Å². The van der Waals surface area contributed by atoms with Crippen molar-refractivity contribution in [2.75, 3.05) is 46.7 Å².